The van der Waals surface area contributed by atoms with Crippen molar-refractivity contribution in [2.75, 3.05) is 11.9 Å². The van der Waals surface area contributed by atoms with Crippen LogP contribution in [0.2, 0.25) is 5.02 Å². The van der Waals surface area contributed by atoms with E-state index in [0.717, 1.165) is 0 Å². The van der Waals surface area contributed by atoms with Crippen molar-refractivity contribution < 1.29 is 23.5 Å². The van der Waals surface area contributed by atoms with E-state index in [4.69, 9.17) is 16.3 Å². The number of fused-ring (bicyclic) bond motifs is 3. The molecule has 1 saturated heterocycles. The van der Waals surface area contributed by atoms with Gasteiger partial charge in [-0.05, 0) is 24.3 Å². The molecule has 1 fully saturated rings. The van der Waals surface area contributed by atoms with Crippen LogP contribution >= 0.6 is 11.6 Å². The van der Waals surface area contributed by atoms with Crippen molar-refractivity contribution in [3.05, 3.63) is 64.4 Å². The molecule has 1 N–H and O–H groups in total. The van der Waals surface area contributed by atoms with Gasteiger partial charge < -0.3 is 15.0 Å². The molecular formula is C19H14ClFN2O4. The van der Waals surface area contributed by atoms with Gasteiger partial charge in [-0.3, -0.25) is 14.4 Å². The van der Waals surface area contributed by atoms with Crippen LogP contribution < -0.4 is 5.32 Å². The van der Waals surface area contributed by atoms with Crippen molar-refractivity contribution in [2.24, 2.45) is 0 Å². The van der Waals surface area contributed by atoms with E-state index in [-0.39, 0.29) is 12.1 Å². The van der Waals surface area contributed by atoms with E-state index >= 15 is 0 Å². The lowest BCUT2D eigenvalue weighted by Crippen LogP contribution is -2.74. The number of hydrogen-bond acceptors (Lipinski definition) is 4. The van der Waals surface area contributed by atoms with E-state index in [0.29, 0.717) is 16.3 Å². The molecule has 2 aromatic carbocycles. The number of nitrogens with one attached hydrogen (secondary N) is 1. The highest BCUT2D eigenvalue weighted by Gasteiger charge is 2.67. The molecule has 6 nitrogen and oxygen atoms in total. The molecule has 0 radical (unpaired) electrons. The van der Waals surface area contributed by atoms with E-state index < -0.39 is 35.2 Å². The minimum Gasteiger partial charge on any atom is -0.449 e. The maximum absolute atomic E-state index is 14.9. The zero-order valence-electron chi connectivity index (χ0n) is 14.2. The van der Waals surface area contributed by atoms with Crippen LogP contribution in [0.15, 0.2) is 42.5 Å². The van der Waals surface area contributed by atoms with Crippen molar-refractivity contribution in [2.45, 2.75) is 18.6 Å². The molecule has 2 amide bonds. The summed E-state index contributed by atoms with van der Waals surface area (Å²) in [5, 5.41) is 3.04. The lowest BCUT2D eigenvalue weighted by molar-refractivity contribution is -0.194. The fourth-order valence-corrected chi connectivity index (χ4v) is 4.01. The molecule has 0 aromatic heterocycles. The molecule has 2 aliphatic heterocycles. The lowest BCUT2D eigenvalue weighted by atomic mass is 9.69. The lowest BCUT2D eigenvalue weighted by Gasteiger charge is -2.55. The SMILES string of the molecule is CC(=O)O[C@@H]1C(=O)N2CC(=O)Nc3ccc(Cl)cc3[C@@]12c1ccccc1F. The summed E-state index contributed by atoms with van der Waals surface area (Å²) in [6.07, 6.45) is -1.31. The molecule has 0 saturated carbocycles. The minimum atomic E-state index is -1.49. The Morgan fingerprint density at radius 1 is 1.26 bits per heavy atom. The van der Waals surface area contributed by atoms with E-state index in [1.165, 1.54) is 30.0 Å². The highest BCUT2D eigenvalue weighted by atomic mass is 35.5. The fourth-order valence-electron chi connectivity index (χ4n) is 3.84. The van der Waals surface area contributed by atoms with Crippen LogP contribution in [-0.2, 0) is 24.7 Å². The number of halogens is 2. The Balaban J connectivity index is 2.07. The topological polar surface area (TPSA) is 75.7 Å². The van der Waals surface area contributed by atoms with E-state index in [2.05, 4.69) is 5.32 Å². The number of nitrogens with zero attached hydrogens (tertiary/aromatic N) is 1. The largest absolute Gasteiger partial charge is 0.449 e. The van der Waals surface area contributed by atoms with Crippen molar-refractivity contribution in [1.82, 2.24) is 4.90 Å². The average molecular weight is 389 g/mol. The zero-order valence-corrected chi connectivity index (χ0v) is 14.9. The summed E-state index contributed by atoms with van der Waals surface area (Å²) in [6, 6.07) is 10.6. The second-order valence-electron chi connectivity index (χ2n) is 6.40. The Hall–Kier alpha value is -2.93. The number of benzene rings is 2. The van der Waals surface area contributed by atoms with Gasteiger partial charge in [-0.15, -0.1) is 0 Å². The molecule has 2 heterocycles. The molecule has 138 valence electrons. The van der Waals surface area contributed by atoms with Crippen molar-refractivity contribution in [3.63, 3.8) is 0 Å². The van der Waals surface area contributed by atoms with Crippen LogP contribution in [0.1, 0.15) is 18.1 Å². The van der Waals surface area contributed by atoms with Gasteiger partial charge in [0.15, 0.2) is 0 Å². The number of rotatable bonds is 2. The monoisotopic (exact) mass is 388 g/mol. The van der Waals surface area contributed by atoms with Gasteiger partial charge in [-0.25, -0.2) is 4.39 Å². The first-order chi connectivity index (χ1) is 12.9. The third-order valence-electron chi connectivity index (χ3n) is 4.83. The molecule has 8 heteroatoms. The summed E-state index contributed by atoms with van der Waals surface area (Å²) >= 11 is 6.16. The number of carbonyl (C=O) groups excluding carboxylic acids is 3. The first kappa shape index (κ1) is 17.5. The number of anilines is 1. The highest BCUT2D eigenvalue weighted by molar-refractivity contribution is 6.30. The Morgan fingerprint density at radius 2 is 2.00 bits per heavy atom. The van der Waals surface area contributed by atoms with Gasteiger partial charge in [0.1, 0.15) is 17.9 Å². The molecule has 2 atom stereocenters. The number of ether oxygens (including phenoxy) is 1. The minimum absolute atomic E-state index is 0.121. The van der Waals surface area contributed by atoms with E-state index in [9.17, 15) is 18.8 Å². The van der Waals surface area contributed by atoms with Crippen molar-refractivity contribution in [3.8, 4) is 0 Å². The van der Waals surface area contributed by atoms with Crippen LogP contribution in [-0.4, -0.2) is 35.3 Å². The molecule has 0 aliphatic carbocycles. The number of amides is 2. The first-order valence-electron chi connectivity index (χ1n) is 8.19. The third kappa shape index (κ3) is 2.42. The highest BCUT2D eigenvalue weighted by Crippen LogP contribution is 2.53. The van der Waals surface area contributed by atoms with Gasteiger partial charge >= 0.3 is 5.97 Å². The molecule has 27 heavy (non-hydrogen) atoms. The Bertz CT molecular complexity index is 995. The Labute approximate surface area is 158 Å². The van der Waals surface area contributed by atoms with E-state index in [1.807, 2.05) is 0 Å². The number of β-lactam (4-membered cyclic amide) rings is 1. The maximum Gasteiger partial charge on any atom is 0.303 e. The Kier molecular flexibility index (Phi) is 3.92. The molecular weight excluding hydrogens is 375 g/mol. The maximum atomic E-state index is 14.9. The van der Waals surface area contributed by atoms with Crippen LogP contribution in [0, 0.1) is 5.82 Å². The number of hydrogen-bond donors (Lipinski definition) is 1. The fraction of sp³-hybridized carbons (Fsp3) is 0.211. The number of carbonyl (C=O) groups is 3. The second kappa shape index (κ2) is 6.06. The standard InChI is InChI=1S/C19H14ClFN2O4/c1-10(24)27-17-18(26)23-9-16(25)22-15-7-6-11(20)8-13(15)19(17,23)12-4-2-3-5-14(12)21/h2-8,17H,9H2,1H3,(H,22,25)/t17-,19+/m1/s1. The molecule has 0 bridgehead atoms. The summed E-state index contributed by atoms with van der Waals surface area (Å²) in [6.45, 7) is 0.862. The number of esters is 1. The molecule has 0 spiro atoms. The van der Waals surface area contributed by atoms with Crippen LogP contribution in [0.4, 0.5) is 10.1 Å². The summed E-state index contributed by atoms with van der Waals surface area (Å²) < 4.78 is 20.2. The van der Waals surface area contributed by atoms with Crippen molar-refractivity contribution >= 4 is 35.1 Å². The molecule has 2 aromatic rings. The zero-order chi connectivity index (χ0) is 19.3. The van der Waals surface area contributed by atoms with Crippen LogP contribution in [0.3, 0.4) is 0 Å². The van der Waals surface area contributed by atoms with Gasteiger partial charge in [0, 0.05) is 28.8 Å². The third-order valence-corrected chi connectivity index (χ3v) is 5.07. The Morgan fingerprint density at radius 3 is 2.70 bits per heavy atom. The van der Waals surface area contributed by atoms with Gasteiger partial charge in [0.25, 0.3) is 5.91 Å². The summed E-state index contributed by atoms with van der Waals surface area (Å²) in [5.41, 5.74) is -0.611. The molecule has 4 rings (SSSR count). The van der Waals surface area contributed by atoms with E-state index in [1.54, 1.807) is 24.3 Å². The normalized spacial score (nSPS) is 23.5. The average Bonchev–Trinajstić information content (AvgIpc) is 2.73. The van der Waals surface area contributed by atoms with Crippen molar-refractivity contribution in [1.29, 1.82) is 0 Å². The summed E-state index contributed by atoms with van der Waals surface area (Å²) in [5.74, 6) is -2.29. The smallest absolute Gasteiger partial charge is 0.303 e. The first-order valence-corrected chi connectivity index (χ1v) is 8.57. The second-order valence-corrected chi connectivity index (χ2v) is 6.83. The quantitative estimate of drug-likeness (QED) is 0.633. The summed E-state index contributed by atoms with van der Waals surface area (Å²) in [7, 11) is 0. The molecule has 0 unspecified atom stereocenters. The van der Waals surface area contributed by atoms with Gasteiger partial charge in [0.2, 0.25) is 12.0 Å². The molecule has 2 aliphatic rings. The van der Waals surface area contributed by atoms with Gasteiger partial charge in [0.05, 0.1) is 0 Å². The van der Waals surface area contributed by atoms with Crippen LogP contribution in [0.25, 0.3) is 0 Å². The predicted octanol–water partition coefficient (Wildman–Crippen LogP) is 2.45. The van der Waals surface area contributed by atoms with Gasteiger partial charge in [-0.2, -0.15) is 0 Å². The predicted molar refractivity (Wildman–Crippen MR) is 94.5 cm³/mol. The summed E-state index contributed by atoms with van der Waals surface area (Å²) in [4.78, 5) is 37.9. The van der Waals surface area contributed by atoms with Crippen LogP contribution in [0.5, 0.6) is 0 Å². The van der Waals surface area contributed by atoms with Gasteiger partial charge in [-0.1, -0.05) is 29.8 Å².